The molecule has 2 N–H and O–H groups in total. The molecule has 1 aromatic rings. The number of fused-ring (bicyclic) bond motifs is 1. The zero-order chi connectivity index (χ0) is 12.6. The first-order valence-electron chi connectivity index (χ1n) is 5.54. The molecule has 0 aliphatic carbocycles. The fraction of sp³-hybridized carbons (Fsp3) is 0.385. The van der Waals surface area contributed by atoms with Gasteiger partial charge in [-0.3, -0.25) is 4.79 Å². The SMILES string of the molecule is CC(C)c1ccc2c(c1)C(O)(CC#N)C(=O)N2. The number of amides is 1. The van der Waals surface area contributed by atoms with Crippen LogP contribution >= 0.6 is 0 Å². The van der Waals surface area contributed by atoms with Crippen molar-refractivity contribution in [2.45, 2.75) is 31.8 Å². The molecule has 0 bridgehead atoms. The summed E-state index contributed by atoms with van der Waals surface area (Å²) < 4.78 is 0. The van der Waals surface area contributed by atoms with Crippen LogP contribution < -0.4 is 5.32 Å². The van der Waals surface area contributed by atoms with Crippen LogP contribution in [0.5, 0.6) is 0 Å². The molecular weight excluding hydrogens is 216 g/mol. The van der Waals surface area contributed by atoms with Crippen molar-refractivity contribution in [1.29, 1.82) is 5.26 Å². The summed E-state index contributed by atoms with van der Waals surface area (Å²) in [5, 5.41) is 21.6. The van der Waals surface area contributed by atoms with Gasteiger partial charge in [-0.15, -0.1) is 0 Å². The van der Waals surface area contributed by atoms with E-state index < -0.39 is 11.5 Å². The molecular formula is C13H14N2O2. The second kappa shape index (κ2) is 3.86. The molecule has 17 heavy (non-hydrogen) atoms. The van der Waals surface area contributed by atoms with Crippen molar-refractivity contribution < 1.29 is 9.90 Å². The fourth-order valence-electron chi connectivity index (χ4n) is 2.01. The number of nitrogens with one attached hydrogen (secondary N) is 1. The lowest BCUT2D eigenvalue weighted by Crippen LogP contribution is -2.33. The number of hydrogen-bond donors (Lipinski definition) is 2. The average Bonchev–Trinajstić information content (AvgIpc) is 2.52. The van der Waals surface area contributed by atoms with Crippen molar-refractivity contribution in [2.75, 3.05) is 5.32 Å². The monoisotopic (exact) mass is 230 g/mol. The average molecular weight is 230 g/mol. The third-order valence-corrected chi connectivity index (χ3v) is 3.11. The van der Waals surface area contributed by atoms with E-state index in [9.17, 15) is 9.90 Å². The summed E-state index contributed by atoms with van der Waals surface area (Å²) >= 11 is 0. The molecule has 4 heteroatoms. The van der Waals surface area contributed by atoms with Crippen molar-refractivity contribution in [2.24, 2.45) is 0 Å². The first-order valence-corrected chi connectivity index (χ1v) is 5.54. The Labute approximate surface area is 99.9 Å². The standard InChI is InChI=1S/C13H14N2O2/c1-8(2)9-3-4-11-10(7-9)13(17,5-6-14)12(16)15-11/h3-4,7-8,17H,5H2,1-2H3,(H,15,16). The van der Waals surface area contributed by atoms with Crippen LogP contribution in [0.25, 0.3) is 0 Å². The van der Waals surface area contributed by atoms with E-state index in [1.165, 1.54) is 0 Å². The van der Waals surface area contributed by atoms with Crippen LogP contribution in [-0.2, 0) is 10.4 Å². The molecule has 1 heterocycles. The highest BCUT2D eigenvalue weighted by Gasteiger charge is 2.45. The van der Waals surface area contributed by atoms with E-state index in [0.29, 0.717) is 17.2 Å². The van der Waals surface area contributed by atoms with Crippen LogP contribution in [0.1, 0.15) is 37.3 Å². The Balaban J connectivity index is 2.54. The minimum Gasteiger partial charge on any atom is -0.374 e. The second-order valence-electron chi connectivity index (χ2n) is 4.61. The Bertz CT molecular complexity index is 517. The number of nitriles is 1. The van der Waals surface area contributed by atoms with Gasteiger partial charge in [0.05, 0.1) is 12.5 Å². The fourth-order valence-corrected chi connectivity index (χ4v) is 2.01. The molecule has 0 aromatic heterocycles. The summed E-state index contributed by atoms with van der Waals surface area (Å²) in [6, 6.07) is 7.35. The van der Waals surface area contributed by atoms with E-state index >= 15 is 0 Å². The lowest BCUT2D eigenvalue weighted by Gasteiger charge is -2.18. The van der Waals surface area contributed by atoms with E-state index in [-0.39, 0.29) is 6.42 Å². The first-order chi connectivity index (χ1) is 7.99. The maximum atomic E-state index is 11.7. The van der Waals surface area contributed by atoms with Gasteiger partial charge in [-0.25, -0.2) is 0 Å². The molecule has 0 fully saturated rings. The number of benzene rings is 1. The molecule has 1 aliphatic heterocycles. The normalized spacial score (nSPS) is 22.2. The maximum absolute atomic E-state index is 11.7. The lowest BCUT2D eigenvalue weighted by molar-refractivity contribution is -0.133. The molecule has 1 aromatic carbocycles. The van der Waals surface area contributed by atoms with Gasteiger partial charge in [-0.2, -0.15) is 5.26 Å². The van der Waals surface area contributed by atoms with E-state index in [2.05, 4.69) is 5.32 Å². The zero-order valence-electron chi connectivity index (χ0n) is 9.82. The highest BCUT2D eigenvalue weighted by atomic mass is 16.3. The van der Waals surface area contributed by atoms with Gasteiger partial charge in [0.2, 0.25) is 0 Å². The van der Waals surface area contributed by atoms with Crippen molar-refractivity contribution in [3.05, 3.63) is 29.3 Å². The van der Waals surface area contributed by atoms with E-state index in [1.54, 1.807) is 12.1 Å². The Morgan fingerprint density at radius 1 is 1.53 bits per heavy atom. The number of rotatable bonds is 2. The van der Waals surface area contributed by atoms with Crippen LogP contribution in [0, 0.1) is 11.3 Å². The predicted molar refractivity (Wildman–Crippen MR) is 63.3 cm³/mol. The molecule has 2 rings (SSSR count). The van der Waals surface area contributed by atoms with Crippen LogP contribution in [0.3, 0.4) is 0 Å². The number of carbonyl (C=O) groups excluding carboxylic acids is 1. The third-order valence-electron chi connectivity index (χ3n) is 3.11. The van der Waals surface area contributed by atoms with E-state index in [0.717, 1.165) is 5.56 Å². The highest BCUT2D eigenvalue weighted by molar-refractivity contribution is 6.05. The minimum absolute atomic E-state index is 0.229. The summed E-state index contributed by atoms with van der Waals surface area (Å²) in [4.78, 5) is 11.7. The Hall–Kier alpha value is -1.86. The third kappa shape index (κ3) is 1.69. The quantitative estimate of drug-likeness (QED) is 0.814. The molecule has 1 atom stereocenters. The van der Waals surface area contributed by atoms with Crippen LogP contribution in [0.4, 0.5) is 5.69 Å². The van der Waals surface area contributed by atoms with Gasteiger partial charge in [0.1, 0.15) is 0 Å². The van der Waals surface area contributed by atoms with Gasteiger partial charge in [-0.05, 0) is 23.6 Å². The van der Waals surface area contributed by atoms with Crippen molar-refractivity contribution in [3.8, 4) is 6.07 Å². The number of hydrogen-bond acceptors (Lipinski definition) is 3. The number of nitrogens with zero attached hydrogens (tertiary/aromatic N) is 1. The summed E-state index contributed by atoms with van der Waals surface area (Å²) in [5.74, 6) is -0.211. The summed E-state index contributed by atoms with van der Waals surface area (Å²) in [5.41, 5.74) is 0.443. The zero-order valence-corrected chi connectivity index (χ0v) is 9.82. The van der Waals surface area contributed by atoms with Crippen LogP contribution in [0.2, 0.25) is 0 Å². The van der Waals surface area contributed by atoms with E-state index in [1.807, 2.05) is 26.0 Å². The Kier molecular flexibility index (Phi) is 2.64. The van der Waals surface area contributed by atoms with Gasteiger partial charge < -0.3 is 10.4 Å². The number of carbonyl (C=O) groups is 1. The van der Waals surface area contributed by atoms with Gasteiger partial charge in [-0.1, -0.05) is 19.9 Å². The van der Waals surface area contributed by atoms with Crippen molar-refractivity contribution >= 4 is 11.6 Å². The maximum Gasteiger partial charge on any atom is 0.262 e. The largest absolute Gasteiger partial charge is 0.374 e. The first kappa shape index (κ1) is 11.6. The smallest absolute Gasteiger partial charge is 0.262 e. The molecule has 0 radical (unpaired) electrons. The van der Waals surface area contributed by atoms with Gasteiger partial charge in [0.25, 0.3) is 5.91 Å². The lowest BCUT2D eigenvalue weighted by atomic mass is 9.89. The number of aliphatic hydroxyl groups is 1. The molecule has 1 amide bonds. The van der Waals surface area contributed by atoms with Crippen molar-refractivity contribution in [3.63, 3.8) is 0 Å². The number of anilines is 1. The van der Waals surface area contributed by atoms with Crippen LogP contribution in [0.15, 0.2) is 18.2 Å². The molecule has 1 aliphatic rings. The van der Waals surface area contributed by atoms with E-state index in [4.69, 9.17) is 5.26 Å². The minimum atomic E-state index is -1.70. The molecule has 0 spiro atoms. The Morgan fingerprint density at radius 2 is 2.24 bits per heavy atom. The Morgan fingerprint density at radius 3 is 2.82 bits per heavy atom. The topological polar surface area (TPSA) is 73.1 Å². The van der Waals surface area contributed by atoms with Crippen LogP contribution in [-0.4, -0.2) is 11.0 Å². The predicted octanol–water partition coefficient (Wildman–Crippen LogP) is 1.86. The summed E-state index contributed by atoms with van der Waals surface area (Å²) in [6.07, 6.45) is -0.229. The van der Waals surface area contributed by atoms with Gasteiger partial charge in [0.15, 0.2) is 5.60 Å². The molecule has 88 valence electrons. The second-order valence-corrected chi connectivity index (χ2v) is 4.61. The summed E-state index contributed by atoms with van der Waals surface area (Å²) in [7, 11) is 0. The van der Waals surface area contributed by atoms with Gasteiger partial charge >= 0.3 is 0 Å². The summed E-state index contributed by atoms with van der Waals surface area (Å²) in [6.45, 7) is 4.07. The molecule has 1 unspecified atom stereocenters. The molecule has 0 saturated heterocycles. The van der Waals surface area contributed by atoms with Crippen molar-refractivity contribution in [1.82, 2.24) is 0 Å². The highest BCUT2D eigenvalue weighted by Crippen LogP contribution is 2.39. The van der Waals surface area contributed by atoms with Gasteiger partial charge in [0, 0.05) is 11.3 Å². The molecule has 4 nitrogen and oxygen atoms in total. The molecule has 0 saturated carbocycles.